The third-order valence-corrected chi connectivity index (χ3v) is 3.68. The van der Waals surface area contributed by atoms with Gasteiger partial charge in [-0.05, 0) is 17.7 Å². The number of carbonyl (C=O) groups is 2. The lowest BCUT2D eigenvalue weighted by atomic mass is 10.3. The van der Waals surface area contributed by atoms with Crippen molar-refractivity contribution in [1.82, 2.24) is 14.0 Å². The average Bonchev–Trinajstić information content (AvgIpc) is 2.63. The third kappa shape index (κ3) is 5.29. The first-order valence-corrected chi connectivity index (χ1v) is 6.96. The fraction of sp³-hybridized carbons (Fsp3) is 0.300. The number of carbonyl (C=O) groups excluding carboxylic acids is 1. The Hall–Kier alpha value is -2.21. The highest BCUT2D eigenvalue weighted by Crippen LogP contribution is 2.13. The van der Waals surface area contributed by atoms with Crippen molar-refractivity contribution in [3.63, 3.8) is 0 Å². The molecule has 1 fully saturated rings. The zero-order chi connectivity index (χ0) is 17.0. The highest BCUT2D eigenvalue weighted by Gasteiger charge is 2.38. The van der Waals surface area contributed by atoms with Crippen LogP contribution in [0.2, 0.25) is 0 Å². The van der Waals surface area contributed by atoms with Crippen LogP contribution >= 0.6 is 0 Å². The first-order valence-electron chi connectivity index (χ1n) is 5.52. The second kappa shape index (κ2) is 6.70. The molecule has 1 aromatic rings. The van der Waals surface area contributed by atoms with Gasteiger partial charge in [0, 0.05) is 18.9 Å². The van der Waals surface area contributed by atoms with Crippen LogP contribution in [0.25, 0.3) is 0 Å². The first-order chi connectivity index (χ1) is 10.0. The Bertz CT molecular complexity index is 648. The van der Waals surface area contributed by atoms with Gasteiger partial charge in [-0.1, -0.05) is 0 Å². The molecule has 2 heterocycles. The Morgan fingerprint density at radius 3 is 2.23 bits per heavy atom. The molecule has 22 heavy (non-hydrogen) atoms. The molecule has 1 saturated heterocycles. The van der Waals surface area contributed by atoms with Gasteiger partial charge < -0.3 is 5.11 Å². The molecule has 0 spiro atoms. The van der Waals surface area contributed by atoms with Crippen molar-refractivity contribution in [2.45, 2.75) is 12.7 Å². The van der Waals surface area contributed by atoms with E-state index in [4.69, 9.17) is 9.90 Å². The Morgan fingerprint density at radius 1 is 1.36 bits per heavy atom. The molecule has 1 aromatic heterocycles. The van der Waals surface area contributed by atoms with Gasteiger partial charge in [0.05, 0.1) is 6.54 Å². The second-order valence-corrected chi connectivity index (χ2v) is 5.63. The highest BCUT2D eigenvalue weighted by atomic mass is 32.2. The summed E-state index contributed by atoms with van der Waals surface area (Å²) in [6.45, 7) is 0.0637. The standard InChI is InChI=1S/C8H9N3O3S.C2HF3O2/c12-8-6-11(15(13,14)10-8)5-7-1-3-9-4-2-7;3-2(4,5)1(6)7/h1-4H,5-6H2,(H,10,12);(H,6,7). The van der Waals surface area contributed by atoms with E-state index in [1.54, 1.807) is 24.5 Å². The van der Waals surface area contributed by atoms with Crippen LogP contribution in [0.15, 0.2) is 24.5 Å². The number of nitrogens with zero attached hydrogens (tertiary/aromatic N) is 2. The Kier molecular flexibility index (Phi) is 5.43. The predicted octanol–water partition coefficient (Wildman–Crippen LogP) is -0.108. The normalized spacial score (nSPS) is 17.3. The Labute approximate surface area is 122 Å². The van der Waals surface area contributed by atoms with Crippen LogP contribution in [-0.4, -0.2) is 47.4 Å². The maximum Gasteiger partial charge on any atom is 0.490 e. The van der Waals surface area contributed by atoms with E-state index in [2.05, 4.69) is 4.98 Å². The summed E-state index contributed by atoms with van der Waals surface area (Å²) in [6.07, 6.45) is -1.93. The van der Waals surface area contributed by atoms with Crippen LogP contribution in [0.3, 0.4) is 0 Å². The molecule has 8 nitrogen and oxygen atoms in total. The predicted molar refractivity (Wildman–Crippen MR) is 65.4 cm³/mol. The van der Waals surface area contributed by atoms with Gasteiger partial charge in [0.2, 0.25) is 5.91 Å². The van der Waals surface area contributed by atoms with Gasteiger partial charge in [0.25, 0.3) is 0 Å². The van der Waals surface area contributed by atoms with E-state index in [1.807, 2.05) is 4.72 Å². The first kappa shape index (κ1) is 17.8. The summed E-state index contributed by atoms with van der Waals surface area (Å²) in [4.78, 5) is 23.6. The van der Waals surface area contributed by atoms with Crippen LogP contribution in [-0.2, 0) is 26.3 Å². The summed E-state index contributed by atoms with van der Waals surface area (Å²) in [5.74, 6) is -3.25. The fourth-order valence-corrected chi connectivity index (χ4v) is 2.41. The zero-order valence-electron chi connectivity index (χ0n) is 10.7. The summed E-state index contributed by atoms with van der Waals surface area (Å²) in [5.41, 5.74) is 0.796. The number of alkyl halides is 3. The number of carboxylic acids is 1. The molecule has 0 unspecified atom stereocenters. The topological polar surface area (TPSA) is 117 Å². The molecule has 12 heteroatoms. The molecule has 1 aliphatic heterocycles. The number of pyridine rings is 1. The minimum atomic E-state index is -5.08. The van der Waals surface area contributed by atoms with Gasteiger partial charge in [0.1, 0.15) is 0 Å². The smallest absolute Gasteiger partial charge is 0.475 e. The van der Waals surface area contributed by atoms with Crippen LogP contribution < -0.4 is 4.72 Å². The number of aromatic nitrogens is 1. The van der Waals surface area contributed by atoms with Gasteiger partial charge in [0.15, 0.2) is 0 Å². The molecule has 0 saturated carbocycles. The molecular formula is C10H10F3N3O5S. The van der Waals surface area contributed by atoms with Crippen LogP contribution in [0.1, 0.15) is 5.56 Å². The Balaban J connectivity index is 0.000000295. The number of carboxylic acid groups (broad SMARTS) is 1. The molecule has 0 aromatic carbocycles. The van der Waals surface area contributed by atoms with E-state index in [0.29, 0.717) is 0 Å². The quantitative estimate of drug-likeness (QED) is 0.775. The van der Waals surface area contributed by atoms with E-state index in [1.165, 1.54) is 0 Å². The Morgan fingerprint density at radius 2 is 1.86 bits per heavy atom. The van der Waals surface area contributed by atoms with Crippen LogP contribution in [0, 0.1) is 0 Å². The van der Waals surface area contributed by atoms with Crippen molar-refractivity contribution in [1.29, 1.82) is 0 Å². The van der Waals surface area contributed by atoms with E-state index in [9.17, 15) is 26.4 Å². The maximum atomic E-state index is 11.4. The van der Waals surface area contributed by atoms with Crippen molar-refractivity contribution in [2.75, 3.05) is 6.54 Å². The summed E-state index contributed by atoms with van der Waals surface area (Å²) in [5, 5.41) is 7.12. The molecule has 2 rings (SSSR count). The lowest BCUT2D eigenvalue weighted by Gasteiger charge is -2.11. The van der Waals surface area contributed by atoms with Crippen molar-refractivity contribution >= 4 is 22.1 Å². The lowest BCUT2D eigenvalue weighted by Crippen LogP contribution is -2.29. The molecule has 1 amide bonds. The van der Waals surface area contributed by atoms with E-state index < -0.39 is 28.3 Å². The second-order valence-electron chi connectivity index (χ2n) is 3.96. The van der Waals surface area contributed by atoms with Gasteiger partial charge >= 0.3 is 22.4 Å². The van der Waals surface area contributed by atoms with Crippen molar-refractivity contribution in [3.05, 3.63) is 30.1 Å². The van der Waals surface area contributed by atoms with Gasteiger partial charge in [-0.3, -0.25) is 9.78 Å². The van der Waals surface area contributed by atoms with E-state index in [-0.39, 0.29) is 13.1 Å². The number of hydrogen-bond donors (Lipinski definition) is 2. The maximum absolute atomic E-state index is 11.4. The largest absolute Gasteiger partial charge is 0.490 e. The number of nitrogens with one attached hydrogen (secondary N) is 1. The number of aliphatic carboxylic acids is 1. The summed E-state index contributed by atoms with van der Waals surface area (Å²) >= 11 is 0. The molecule has 0 bridgehead atoms. The van der Waals surface area contributed by atoms with Crippen molar-refractivity contribution in [3.8, 4) is 0 Å². The van der Waals surface area contributed by atoms with Gasteiger partial charge in [-0.15, -0.1) is 0 Å². The van der Waals surface area contributed by atoms with Crippen LogP contribution in [0.5, 0.6) is 0 Å². The number of halogens is 3. The van der Waals surface area contributed by atoms with Gasteiger partial charge in [-0.2, -0.15) is 25.9 Å². The van der Waals surface area contributed by atoms with Crippen LogP contribution in [0.4, 0.5) is 13.2 Å². The lowest BCUT2D eigenvalue weighted by molar-refractivity contribution is -0.192. The van der Waals surface area contributed by atoms with Gasteiger partial charge in [-0.25, -0.2) is 9.52 Å². The molecule has 0 aliphatic carbocycles. The summed E-state index contributed by atoms with van der Waals surface area (Å²) in [6, 6.07) is 3.41. The summed E-state index contributed by atoms with van der Waals surface area (Å²) < 4.78 is 57.4. The molecule has 122 valence electrons. The third-order valence-electron chi connectivity index (χ3n) is 2.25. The summed E-state index contributed by atoms with van der Waals surface area (Å²) in [7, 11) is -3.62. The SMILES string of the molecule is O=C(O)C(F)(F)F.O=C1CN(Cc2ccncc2)S(=O)(=O)N1. The average molecular weight is 341 g/mol. The number of hydrogen-bond acceptors (Lipinski definition) is 5. The molecule has 1 aliphatic rings. The fourth-order valence-electron chi connectivity index (χ4n) is 1.32. The van der Waals surface area contributed by atoms with Crippen molar-refractivity contribution in [2.24, 2.45) is 0 Å². The molecule has 0 atom stereocenters. The molecule has 2 N–H and O–H groups in total. The minimum Gasteiger partial charge on any atom is -0.475 e. The molecular weight excluding hydrogens is 331 g/mol. The van der Waals surface area contributed by atoms with E-state index in [0.717, 1.165) is 9.87 Å². The highest BCUT2D eigenvalue weighted by molar-refractivity contribution is 7.88. The number of rotatable bonds is 2. The zero-order valence-corrected chi connectivity index (χ0v) is 11.6. The molecule has 0 radical (unpaired) electrons. The minimum absolute atomic E-state index is 0.120. The monoisotopic (exact) mass is 341 g/mol. The number of amides is 1. The van der Waals surface area contributed by atoms with E-state index >= 15 is 0 Å². The van der Waals surface area contributed by atoms with Crippen molar-refractivity contribution < 1.29 is 36.3 Å².